The molecule has 0 rings (SSSR count). The maximum absolute atomic E-state index is 13.0. The summed E-state index contributed by atoms with van der Waals surface area (Å²) in [6, 6.07) is 0. The number of allylic oxidation sites excluding steroid dienone is 1. The molecule has 0 aromatic heterocycles. The molecule has 0 saturated heterocycles. The largest absolute Gasteiger partial charge is 0.541 e. The predicted octanol–water partition coefficient (Wildman–Crippen LogP) is 6.69. The van der Waals surface area contributed by atoms with Crippen LogP contribution in [-0.4, -0.2) is 56.2 Å². The zero-order valence-corrected chi connectivity index (χ0v) is 29.0. The Morgan fingerprint density at radius 3 is 2.03 bits per heavy atom. The molecule has 9 heteroatoms. The monoisotopic (exact) mass is 575 g/mol. The van der Waals surface area contributed by atoms with Gasteiger partial charge in [0.15, 0.2) is 0 Å². The average molecular weight is 575 g/mol. The summed E-state index contributed by atoms with van der Waals surface area (Å²) in [6.45, 7) is 26.2. The van der Waals surface area contributed by atoms with Gasteiger partial charge in [-0.25, -0.2) is 18.6 Å². The third-order valence-electron chi connectivity index (χ3n) is 7.44. The number of unbranched alkanes of at least 4 members (excludes halogenated alkanes) is 1. The van der Waals surface area contributed by atoms with E-state index in [1.807, 2.05) is 41.4 Å². The van der Waals surface area contributed by atoms with Crippen LogP contribution in [0, 0.1) is 29.1 Å². The van der Waals surface area contributed by atoms with Crippen molar-refractivity contribution in [3.05, 3.63) is 18.6 Å². The Kier molecular flexibility index (Phi) is 29.1. The Balaban J connectivity index is -0.000000293. The number of hydrogen-bond donors (Lipinski definition) is 0. The molecule has 0 amide bonds. The van der Waals surface area contributed by atoms with Crippen LogP contribution >= 0.6 is 0 Å². The Morgan fingerprint density at radius 2 is 1.65 bits per heavy atom. The normalized spacial score (nSPS) is 13.9. The molecule has 199 valence electrons. The minimum absolute atomic E-state index is 0. The molecule has 4 unspecified atom stereocenters. The van der Waals surface area contributed by atoms with Crippen LogP contribution in [0.15, 0.2) is 12.2 Å². The van der Waals surface area contributed by atoms with Gasteiger partial charge in [-0.3, -0.25) is 11.1 Å². The number of Topliss-reactive ketones (excluding diaryl/α,β-unsaturated/α-hetero) is 1. The van der Waals surface area contributed by atoms with Gasteiger partial charge in [-0.15, -0.1) is 11.8 Å². The Hall–Kier alpha value is 0.444. The van der Waals surface area contributed by atoms with Crippen LogP contribution in [-0.2, 0) is 42.3 Å². The van der Waals surface area contributed by atoms with Crippen LogP contribution in [0.5, 0.6) is 0 Å². The van der Waals surface area contributed by atoms with E-state index in [1.54, 1.807) is 7.06 Å². The van der Waals surface area contributed by atoms with Gasteiger partial charge in [0, 0.05) is 74.3 Å². The van der Waals surface area contributed by atoms with E-state index in [9.17, 15) is 9.59 Å². The van der Waals surface area contributed by atoms with E-state index in [0.717, 1.165) is 18.7 Å². The minimum atomic E-state index is -0.719. The third-order valence-corrected chi connectivity index (χ3v) is 7.44. The molecule has 0 fully saturated rings. The van der Waals surface area contributed by atoms with E-state index in [4.69, 9.17) is 7.74 Å². The molecule has 0 aromatic rings. The molecule has 0 spiro atoms. The molecule has 37 heavy (non-hydrogen) atoms. The summed E-state index contributed by atoms with van der Waals surface area (Å²) in [4.78, 5) is 24.4. The summed E-state index contributed by atoms with van der Waals surface area (Å²) in [6.07, 6.45) is 11.7. The first-order valence-electron chi connectivity index (χ1n) is 13.8. The minimum Gasteiger partial charge on any atom is -0.541 e. The molecule has 0 N–H and O–H groups in total. The summed E-state index contributed by atoms with van der Waals surface area (Å²) >= 11 is 0. The van der Waals surface area contributed by atoms with Crippen molar-refractivity contribution >= 4 is 56.2 Å². The number of carbonyl (C=O) groups excluding carboxylic acids is 2. The Labute approximate surface area is 264 Å². The van der Waals surface area contributed by atoms with E-state index < -0.39 is 10.8 Å². The molecule has 0 heterocycles. The van der Waals surface area contributed by atoms with Crippen molar-refractivity contribution in [1.82, 2.24) is 0 Å². The average Bonchev–Trinajstić information content (AvgIpc) is 2.84. The number of carbonyl (C=O) groups is 1. The molecule has 0 aliphatic rings. The molecule has 0 aliphatic carbocycles. The summed E-state index contributed by atoms with van der Waals surface area (Å²) in [5, 5.41) is 0. The molecule has 0 bridgehead atoms. The molecule has 2 nitrogen and oxygen atoms in total. The fourth-order valence-corrected chi connectivity index (χ4v) is 5.10. The Bertz CT molecular complexity index is 601. The van der Waals surface area contributed by atoms with Crippen molar-refractivity contribution in [2.45, 2.75) is 126 Å². The second-order valence-electron chi connectivity index (χ2n) is 11.6. The first kappa shape index (κ1) is 44.5. The van der Waals surface area contributed by atoms with Crippen LogP contribution in [0.25, 0.3) is 0 Å². The quantitative estimate of drug-likeness (QED) is 0.110. The predicted molar refractivity (Wildman–Crippen MR) is 169 cm³/mol. The van der Waals surface area contributed by atoms with E-state index in [1.165, 1.54) is 31.2 Å². The van der Waals surface area contributed by atoms with Gasteiger partial charge in [0.2, 0.25) is 0 Å². The van der Waals surface area contributed by atoms with Crippen molar-refractivity contribution in [3.63, 3.8) is 0 Å². The van der Waals surface area contributed by atoms with Crippen LogP contribution in [0.4, 0.5) is 0 Å². The molecular weight excluding hydrogens is 522 g/mol. The maximum atomic E-state index is 13.0. The fourth-order valence-electron chi connectivity index (χ4n) is 5.10. The molecule has 0 saturated carbocycles. The topological polar surface area (TPSA) is 34.1 Å². The summed E-state index contributed by atoms with van der Waals surface area (Å²) in [7, 11) is 17.7. The van der Waals surface area contributed by atoms with Crippen molar-refractivity contribution in [1.29, 1.82) is 0 Å². The number of hydrogen-bond acceptors (Lipinski definition) is 2. The van der Waals surface area contributed by atoms with Gasteiger partial charge in [0.25, 0.3) is 0 Å². The SMILES string of the molecule is C=C(C)[CH-]CC[B]C(C)CCCC.[B][B].[B][B]B(C)C(C(C)(C)[C-]=O)C(C)(C)C(=O)C(C)C(C)CC.[Y]. The number of rotatable bonds is 17. The van der Waals surface area contributed by atoms with Gasteiger partial charge < -0.3 is 4.79 Å². The van der Waals surface area contributed by atoms with Gasteiger partial charge >= 0.3 is 0 Å². The van der Waals surface area contributed by atoms with Gasteiger partial charge in [-0.1, -0.05) is 120 Å². The number of ketones is 1. The summed E-state index contributed by atoms with van der Waals surface area (Å²) in [5.74, 6) is 1.13. The van der Waals surface area contributed by atoms with E-state index in [-0.39, 0.29) is 56.8 Å². The van der Waals surface area contributed by atoms with Crippen LogP contribution in [0.3, 0.4) is 0 Å². The van der Waals surface area contributed by atoms with E-state index >= 15 is 0 Å². The zero-order valence-electron chi connectivity index (χ0n) is 26.2. The first-order valence-corrected chi connectivity index (χ1v) is 13.8. The smallest absolute Gasteiger partial charge is 0.141 e. The first-order chi connectivity index (χ1) is 16.6. The molecule has 0 aromatic carbocycles. The van der Waals surface area contributed by atoms with Gasteiger partial charge in [-0.05, 0) is 5.92 Å². The van der Waals surface area contributed by atoms with Crippen LogP contribution in [0.2, 0.25) is 24.8 Å². The zero-order chi connectivity index (χ0) is 29.1. The van der Waals surface area contributed by atoms with Crippen molar-refractivity contribution < 1.29 is 42.3 Å². The molecule has 0 aliphatic heterocycles. The van der Waals surface area contributed by atoms with Gasteiger partial charge in [0.05, 0.1) is 6.60 Å². The molecule has 4 atom stereocenters. The third kappa shape index (κ3) is 18.4. The standard InChI is InChI=1S/C16H29B3O2.C12H23B.B2.Y/c1-9-11(2)12(3)13(21)16(6,7)14(19(8)18-17)15(4,5)10-20;1-5-6-9-12(4)13-10-7-8-11(2)3;1-2;/h11-12,14H,9H2,1-8H3;8,12H,2,5-7,9-10H2,1,3-4H3;;/q2*-1;;. The summed E-state index contributed by atoms with van der Waals surface area (Å²) < 4.78 is 0. The summed E-state index contributed by atoms with van der Waals surface area (Å²) in [5.41, 5.74) is -0.155. The van der Waals surface area contributed by atoms with Crippen LogP contribution < -0.4 is 0 Å². The van der Waals surface area contributed by atoms with Gasteiger partial charge in [-0.2, -0.15) is 0 Å². The van der Waals surface area contributed by atoms with Crippen molar-refractivity contribution in [2.75, 3.05) is 0 Å². The fraction of sp³-hybridized carbons (Fsp3) is 0.821. The Morgan fingerprint density at radius 1 is 1.14 bits per heavy atom. The molecular formula is C28H52B6O2Y-2. The molecule has 9 radical (unpaired) electrons. The maximum Gasteiger partial charge on any atom is 0.141 e. The second-order valence-corrected chi connectivity index (χ2v) is 11.6. The van der Waals surface area contributed by atoms with Gasteiger partial charge in [0.1, 0.15) is 13.1 Å². The van der Waals surface area contributed by atoms with Crippen LogP contribution in [0.1, 0.15) is 101 Å². The van der Waals surface area contributed by atoms with Crippen molar-refractivity contribution in [3.8, 4) is 0 Å². The second kappa shape index (κ2) is 24.3. The van der Waals surface area contributed by atoms with E-state index in [0.29, 0.717) is 5.92 Å². The van der Waals surface area contributed by atoms with E-state index in [2.05, 4.69) is 76.7 Å². The van der Waals surface area contributed by atoms with Crippen molar-refractivity contribution in [2.24, 2.45) is 22.7 Å².